The van der Waals surface area contributed by atoms with Crippen molar-refractivity contribution in [1.29, 1.82) is 0 Å². The lowest BCUT2D eigenvalue weighted by Gasteiger charge is -2.31. The zero-order valence-corrected chi connectivity index (χ0v) is 17.4. The van der Waals surface area contributed by atoms with Gasteiger partial charge < -0.3 is 4.90 Å². The molecule has 0 aliphatic carbocycles. The van der Waals surface area contributed by atoms with E-state index in [9.17, 15) is 14.0 Å². The van der Waals surface area contributed by atoms with Crippen LogP contribution < -0.4 is 5.56 Å². The summed E-state index contributed by atoms with van der Waals surface area (Å²) >= 11 is 1.48. The van der Waals surface area contributed by atoms with E-state index in [1.165, 1.54) is 30.1 Å². The number of thioether (sulfide) groups is 1. The number of aromatic nitrogens is 4. The largest absolute Gasteiger partial charge is 0.343 e. The highest BCUT2D eigenvalue weighted by atomic mass is 32.2. The summed E-state index contributed by atoms with van der Waals surface area (Å²) < 4.78 is 16.4. The van der Waals surface area contributed by atoms with Gasteiger partial charge in [0.2, 0.25) is 5.91 Å². The molecule has 1 saturated heterocycles. The highest BCUT2D eigenvalue weighted by Crippen LogP contribution is 2.34. The molecule has 30 heavy (non-hydrogen) atoms. The molecule has 0 N–H and O–H groups in total. The maximum Gasteiger partial charge on any atom is 0.265 e. The maximum absolute atomic E-state index is 13.3. The molecule has 3 aromatic rings. The van der Waals surface area contributed by atoms with Crippen LogP contribution in [0, 0.1) is 11.7 Å². The summed E-state index contributed by atoms with van der Waals surface area (Å²) in [4.78, 5) is 32.6. The molecule has 7 nitrogen and oxygen atoms in total. The van der Waals surface area contributed by atoms with Crippen molar-refractivity contribution < 1.29 is 9.18 Å². The smallest absolute Gasteiger partial charge is 0.265 e. The monoisotopic (exact) mass is 427 g/mol. The van der Waals surface area contributed by atoms with Gasteiger partial charge in [0.25, 0.3) is 5.56 Å². The van der Waals surface area contributed by atoms with Crippen LogP contribution in [0.3, 0.4) is 0 Å². The molecule has 4 heterocycles. The van der Waals surface area contributed by atoms with E-state index >= 15 is 0 Å². The summed E-state index contributed by atoms with van der Waals surface area (Å²) in [6, 6.07) is 5.70. The second-order valence-electron chi connectivity index (χ2n) is 8.07. The Morgan fingerprint density at radius 3 is 2.70 bits per heavy atom. The molecule has 2 aliphatic heterocycles. The van der Waals surface area contributed by atoms with Gasteiger partial charge in [-0.2, -0.15) is 5.10 Å². The Kier molecular flexibility index (Phi) is 4.85. The SMILES string of the molecule is CC1CCN(C(=O)CC2CSc3nc4c(cnn4-c4ccc(F)cc4)c(=O)n32)CC1. The van der Waals surface area contributed by atoms with E-state index in [4.69, 9.17) is 0 Å². The molecule has 1 amide bonds. The Morgan fingerprint density at radius 1 is 1.23 bits per heavy atom. The van der Waals surface area contributed by atoms with Crippen LogP contribution in [0.25, 0.3) is 16.7 Å². The summed E-state index contributed by atoms with van der Waals surface area (Å²) in [6.07, 6.45) is 3.88. The third kappa shape index (κ3) is 3.30. The first-order valence-corrected chi connectivity index (χ1v) is 11.2. The summed E-state index contributed by atoms with van der Waals surface area (Å²) in [6.45, 7) is 3.81. The molecule has 2 aromatic heterocycles. The molecule has 9 heteroatoms. The Bertz CT molecular complexity index is 1160. The van der Waals surface area contributed by atoms with E-state index in [-0.39, 0.29) is 23.3 Å². The number of halogens is 1. The maximum atomic E-state index is 13.3. The van der Waals surface area contributed by atoms with Crippen LogP contribution in [0.1, 0.15) is 32.2 Å². The molecule has 1 aromatic carbocycles. The molecule has 1 atom stereocenters. The van der Waals surface area contributed by atoms with Crippen molar-refractivity contribution in [3.05, 3.63) is 46.6 Å². The lowest BCUT2D eigenvalue weighted by atomic mass is 9.99. The van der Waals surface area contributed by atoms with Gasteiger partial charge in [-0.3, -0.25) is 14.2 Å². The Balaban J connectivity index is 1.45. The molecule has 2 aliphatic rings. The van der Waals surface area contributed by atoms with Crippen LogP contribution in [0.4, 0.5) is 4.39 Å². The molecule has 5 rings (SSSR count). The summed E-state index contributed by atoms with van der Waals surface area (Å²) in [5, 5.41) is 5.29. The lowest BCUT2D eigenvalue weighted by molar-refractivity contribution is -0.133. The van der Waals surface area contributed by atoms with Crippen LogP contribution in [-0.4, -0.2) is 49.0 Å². The number of piperidine rings is 1. The number of benzene rings is 1. The van der Waals surface area contributed by atoms with Crippen LogP contribution >= 0.6 is 11.8 Å². The van der Waals surface area contributed by atoms with Gasteiger partial charge in [0.15, 0.2) is 10.8 Å². The van der Waals surface area contributed by atoms with Gasteiger partial charge in [-0.05, 0) is 43.0 Å². The first-order valence-electron chi connectivity index (χ1n) is 10.2. The molecule has 0 saturated carbocycles. The number of rotatable bonds is 3. The average molecular weight is 428 g/mol. The minimum absolute atomic E-state index is 0.106. The van der Waals surface area contributed by atoms with Gasteiger partial charge in [-0.25, -0.2) is 14.1 Å². The van der Waals surface area contributed by atoms with Crippen molar-refractivity contribution in [2.24, 2.45) is 5.92 Å². The normalized spacial score (nSPS) is 19.4. The van der Waals surface area contributed by atoms with E-state index in [2.05, 4.69) is 17.0 Å². The van der Waals surface area contributed by atoms with Crippen LogP contribution in [0.5, 0.6) is 0 Å². The fourth-order valence-corrected chi connectivity index (χ4v) is 5.27. The van der Waals surface area contributed by atoms with Crippen molar-refractivity contribution in [2.45, 2.75) is 37.4 Å². The number of hydrogen-bond acceptors (Lipinski definition) is 5. The molecule has 156 valence electrons. The highest BCUT2D eigenvalue weighted by molar-refractivity contribution is 7.99. The van der Waals surface area contributed by atoms with Gasteiger partial charge in [0.1, 0.15) is 11.2 Å². The van der Waals surface area contributed by atoms with E-state index in [1.54, 1.807) is 21.4 Å². The first kappa shape index (κ1) is 19.3. The van der Waals surface area contributed by atoms with Crippen LogP contribution in [0.15, 0.2) is 40.4 Å². The van der Waals surface area contributed by atoms with E-state index in [0.717, 1.165) is 25.9 Å². The second-order valence-corrected chi connectivity index (χ2v) is 9.06. The van der Waals surface area contributed by atoms with E-state index in [1.807, 2.05) is 4.90 Å². The van der Waals surface area contributed by atoms with Gasteiger partial charge in [-0.15, -0.1) is 0 Å². The average Bonchev–Trinajstić information content (AvgIpc) is 3.34. The number of likely N-dealkylation sites (tertiary alicyclic amines) is 1. The third-order valence-electron chi connectivity index (χ3n) is 5.99. The number of carbonyl (C=O) groups is 1. The number of fused-ring (bicyclic) bond motifs is 2. The number of amides is 1. The number of hydrogen-bond donors (Lipinski definition) is 0. The van der Waals surface area contributed by atoms with Crippen molar-refractivity contribution in [3.63, 3.8) is 0 Å². The molecule has 0 radical (unpaired) electrons. The van der Waals surface area contributed by atoms with Crippen molar-refractivity contribution in [1.82, 2.24) is 24.2 Å². The molecule has 1 fully saturated rings. The fourth-order valence-electron chi connectivity index (χ4n) is 4.14. The highest BCUT2D eigenvalue weighted by Gasteiger charge is 2.31. The van der Waals surface area contributed by atoms with Crippen molar-refractivity contribution in [2.75, 3.05) is 18.8 Å². The third-order valence-corrected chi connectivity index (χ3v) is 7.09. The van der Waals surface area contributed by atoms with Crippen LogP contribution in [0.2, 0.25) is 0 Å². The predicted molar refractivity (Wildman–Crippen MR) is 112 cm³/mol. The number of carbonyl (C=O) groups excluding carboxylic acids is 1. The van der Waals surface area contributed by atoms with Crippen molar-refractivity contribution in [3.8, 4) is 5.69 Å². The van der Waals surface area contributed by atoms with E-state index in [0.29, 0.717) is 40.0 Å². The molecular formula is C21H22FN5O2S. The predicted octanol–water partition coefficient (Wildman–Crippen LogP) is 3.02. The zero-order chi connectivity index (χ0) is 20.8. The Morgan fingerprint density at radius 2 is 1.97 bits per heavy atom. The summed E-state index contributed by atoms with van der Waals surface area (Å²) in [5.41, 5.74) is 0.901. The Labute approximate surface area is 176 Å². The molecule has 1 unspecified atom stereocenters. The van der Waals surface area contributed by atoms with Gasteiger partial charge >= 0.3 is 0 Å². The van der Waals surface area contributed by atoms with Crippen LogP contribution in [-0.2, 0) is 4.79 Å². The quantitative estimate of drug-likeness (QED) is 0.601. The van der Waals surface area contributed by atoms with Gasteiger partial charge in [0.05, 0.1) is 17.9 Å². The van der Waals surface area contributed by atoms with E-state index < -0.39 is 0 Å². The Hall–Kier alpha value is -2.68. The lowest BCUT2D eigenvalue weighted by Crippen LogP contribution is -2.39. The minimum Gasteiger partial charge on any atom is -0.343 e. The zero-order valence-electron chi connectivity index (χ0n) is 16.6. The molecule has 0 bridgehead atoms. The molecular weight excluding hydrogens is 405 g/mol. The topological polar surface area (TPSA) is 73.0 Å². The summed E-state index contributed by atoms with van der Waals surface area (Å²) in [7, 11) is 0. The number of nitrogens with zero attached hydrogens (tertiary/aromatic N) is 5. The minimum atomic E-state index is -0.338. The summed E-state index contributed by atoms with van der Waals surface area (Å²) in [5.74, 6) is 1.08. The van der Waals surface area contributed by atoms with Gasteiger partial charge in [0, 0.05) is 25.3 Å². The first-order chi connectivity index (χ1) is 14.5. The van der Waals surface area contributed by atoms with Crippen molar-refractivity contribution >= 4 is 28.7 Å². The molecule has 0 spiro atoms. The fraction of sp³-hybridized carbons (Fsp3) is 0.429. The standard InChI is InChI=1S/C21H22FN5O2S/c1-13-6-8-25(9-7-13)18(28)10-16-12-30-21-24-19-17(20(29)26(16)21)11-23-27(19)15-4-2-14(22)3-5-15/h2-5,11,13,16H,6-10,12H2,1H3. The van der Waals surface area contributed by atoms with Gasteiger partial charge in [-0.1, -0.05) is 18.7 Å². The second kappa shape index (κ2) is 7.54.